The van der Waals surface area contributed by atoms with E-state index < -0.39 is 16.0 Å². The molecular weight excluding hydrogens is 228 g/mol. The van der Waals surface area contributed by atoms with E-state index in [0.29, 0.717) is 24.6 Å². The van der Waals surface area contributed by atoms with Crippen LogP contribution in [0.3, 0.4) is 0 Å². The Hall–Kier alpha value is -1.14. The minimum absolute atomic E-state index is 0.247. The number of hydrogen-bond donors (Lipinski definition) is 2. The highest BCUT2D eigenvalue weighted by atomic mass is 32.2. The zero-order chi connectivity index (χ0) is 12.0. The molecule has 90 valence electrons. The molecule has 0 spiro atoms. The van der Waals surface area contributed by atoms with E-state index in [1.165, 1.54) is 6.26 Å². The van der Waals surface area contributed by atoms with Gasteiger partial charge in [-0.15, -0.1) is 0 Å². The van der Waals surface area contributed by atoms with E-state index in [0.717, 1.165) is 0 Å². The van der Waals surface area contributed by atoms with Crippen molar-refractivity contribution in [1.82, 2.24) is 5.32 Å². The largest absolute Gasteiger partial charge is 0.467 e. The summed E-state index contributed by atoms with van der Waals surface area (Å²) in [7, 11) is -1.21. The van der Waals surface area contributed by atoms with Crippen LogP contribution in [-0.2, 0) is 22.1 Å². The van der Waals surface area contributed by atoms with Crippen LogP contribution in [0.4, 0.5) is 0 Å². The van der Waals surface area contributed by atoms with Gasteiger partial charge in [-0.25, -0.2) is 0 Å². The Balaban J connectivity index is 2.37. The molecule has 2 unspecified atom stereocenters. The number of carbonyl (C=O) groups is 1. The summed E-state index contributed by atoms with van der Waals surface area (Å²) in [5, 5.41) is 2.11. The van der Waals surface area contributed by atoms with Gasteiger partial charge >= 0.3 is 0 Å². The Morgan fingerprint density at radius 3 is 3.00 bits per heavy atom. The van der Waals surface area contributed by atoms with Crippen molar-refractivity contribution in [3.8, 4) is 0 Å². The molecule has 1 aromatic heterocycles. The number of amides is 1. The summed E-state index contributed by atoms with van der Waals surface area (Å²) < 4.78 is 16.6. The van der Waals surface area contributed by atoms with Crippen molar-refractivity contribution >= 4 is 16.7 Å². The predicted octanol–water partition coefficient (Wildman–Crippen LogP) is -0.00830. The van der Waals surface area contributed by atoms with Crippen molar-refractivity contribution in [1.29, 1.82) is 0 Å². The zero-order valence-electron chi connectivity index (χ0n) is 9.14. The van der Waals surface area contributed by atoms with Gasteiger partial charge in [0, 0.05) is 23.1 Å². The molecule has 1 heterocycles. The maximum Gasteiger partial charge on any atom is 0.235 e. The molecule has 1 amide bonds. The Labute approximate surface area is 96.8 Å². The minimum atomic E-state index is -1.21. The Kier molecular flexibility index (Phi) is 5.21. The number of nitrogens with one attached hydrogen (secondary N) is 1. The SMILES string of the molecule is CC(C(=O)NCc1ccco1)S(=O)CCN. The van der Waals surface area contributed by atoms with E-state index in [4.69, 9.17) is 10.2 Å². The molecule has 5 nitrogen and oxygen atoms in total. The lowest BCUT2D eigenvalue weighted by Gasteiger charge is -2.10. The number of carbonyl (C=O) groups excluding carboxylic acids is 1. The molecule has 0 saturated carbocycles. The van der Waals surface area contributed by atoms with Gasteiger partial charge in [-0.1, -0.05) is 0 Å². The molecule has 6 heteroatoms. The first-order valence-electron chi connectivity index (χ1n) is 5.02. The van der Waals surface area contributed by atoms with Crippen molar-refractivity contribution in [2.75, 3.05) is 12.3 Å². The fourth-order valence-corrected chi connectivity index (χ4v) is 2.05. The van der Waals surface area contributed by atoms with E-state index in [1.54, 1.807) is 19.1 Å². The lowest BCUT2D eigenvalue weighted by atomic mass is 10.4. The highest BCUT2D eigenvalue weighted by Crippen LogP contribution is 2.00. The number of furan rings is 1. The van der Waals surface area contributed by atoms with Crippen LogP contribution in [0, 0.1) is 0 Å². The molecule has 0 fully saturated rings. The minimum Gasteiger partial charge on any atom is -0.467 e. The average molecular weight is 244 g/mol. The Morgan fingerprint density at radius 2 is 2.44 bits per heavy atom. The number of nitrogens with two attached hydrogens (primary N) is 1. The van der Waals surface area contributed by atoms with Gasteiger partial charge in [-0.05, 0) is 19.1 Å². The maximum absolute atomic E-state index is 11.6. The summed E-state index contributed by atoms with van der Waals surface area (Å²) in [5.41, 5.74) is 5.28. The lowest BCUT2D eigenvalue weighted by molar-refractivity contribution is -0.120. The molecule has 16 heavy (non-hydrogen) atoms. The summed E-state index contributed by atoms with van der Waals surface area (Å²) in [4.78, 5) is 11.6. The Morgan fingerprint density at radius 1 is 1.69 bits per heavy atom. The van der Waals surface area contributed by atoms with E-state index in [1.807, 2.05) is 0 Å². The van der Waals surface area contributed by atoms with Crippen LogP contribution in [0.1, 0.15) is 12.7 Å². The van der Waals surface area contributed by atoms with E-state index in [2.05, 4.69) is 5.32 Å². The van der Waals surface area contributed by atoms with Crippen LogP contribution < -0.4 is 11.1 Å². The first kappa shape index (κ1) is 12.9. The van der Waals surface area contributed by atoms with Gasteiger partial charge in [0.05, 0.1) is 12.8 Å². The molecule has 3 N–H and O–H groups in total. The smallest absolute Gasteiger partial charge is 0.235 e. The summed E-state index contributed by atoms with van der Waals surface area (Å²) >= 11 is 0. The molecule has 2 atom stereocenters. The molecule has 0 aliphatic carbocycles. The Bertz CT molecular complexity index is 351. The fourth-order valence-electron chi connectivity index (χ4n) is 1.14. The molecule has 1 aromatic rings. The van der Waals surface area contributed by atoms with Crippen molar-refractivity contribution in [3.63, 3.8) is 0 Å². The number of rotatable bonds is 6. The fraction of sp³-hybridized carbons (Fsp3) is 0.500. The van der Waals surface area contributed by atoms with Crippen LogP contribution in [-0.4, -0.2) is 27.7 Å². The van der Waals surface area contributed by atoms with E-state index in [9.17, 15) is 9.00 Å². The van der Waals surface area contributed by atoms with Gasteiger partial charge in [-0.3, -0.25) is 9.00 Å². The third kappa shape index (κ3) is 3.79. The highest BCUT2D eigenvalue weighted by molar-refractivity contribution is 7.86. The molecule has 0 aliphatic rings. The van der Waals surface area contributed by atoms with Gasteiger partial charge < -0.3 is 15.5 Å². The van der Waals surface area contributed by atoms with Crippen LogP contribution in [0.15, 0.2) is 22.8 Å². The second kappa shape index (κ2) is 6.44. The van der Waals surface area contributed by atoms with Crippen LogP contribution in [0.5, 0.6) is 0 Å². The standard InChI is InChI=1S/C10H16N2O3S/c1-8(16(14)6-4-11)10(13)12-7-9-3-2-5-15-9/h2-3,5,8H,4,6-7,11H2,1H3,(H,12,13). The van der Waals surface area contributed by atoms with Gasteiger partial charge in [0.15, 0.2) is 0 Å². The molecule has 0 aliphatic heterocycles. The van der Waals surface area contributed by atoms with Gasteiger partial charge in [0.2, 0.25) is 5.91 Å². The first-order valence-corrected chi connectivity index (χ1v) is 6.40. The number of hydrogen-bond acceptors (Lipinski definition) is 4. The summed E-state index contributed by atoms with van der Waals surface area (Å²) in [6.07, 6.45) is 1.54. The predicted molar refractivity (Wildman–Crippen MR) is 62.1 cm³/mol. The molecule has 0 saturated heterocycles. The average Bonchev–Trinajstić information content (AvgIpc) is 2.78. The lowest BCUT2D eigenvalue weighted by Crippen LogP contribution is -2.36. The third-order valence-corrected chi connectivity index (χ3v) is 3.74. The normalized spacial score (nSPS) is 14.4. The van der Waals surface area contributed by atoms with E-state index in [-0.39, 0.29) is 5.91 Å². The second-order valence-electron chi connectivity index (χ2n) is 3.31. The van der Waals surface area contributed by atoms with Crippen molar-refractivity contribution in [2.45, 2.75) is 18.7 Å². The quantitative estimate of drug-likeness (QED) is 0.737. The van der Waals surface area contributed by atoms with Crippen LogP contribution in [0.25, 0.3) is 0 Å². The van der Waals surface area contributed by atoms with Crippen LogP contribution in [0.2, 0.25) is 0 Å². The molecular formula is C10H16N2O3S. The van der Waals surface area contributed by atoms with Gasteiger partial charge in [0.1, 0.15) is 11.0 Å². The molecule has 0 aromatic carbocycles. The zero-order valence-corrected chi connectivity index (χ0v) is 9.96. The van der Waals surface area contributed by atoms with Crippen molar-refractivity contribution < 1.29 is 13.4 Å². The molecule has 0 radical (unpaired) electrons. The van der Waals surface area contributed by atoms with Crippen molar-refractivity contribution in [3.05, 3.63) is 24.2 Å². The first-order chi connectivity index (χ1) is 7.65. The monoisotopic (exact) mass is 244 g/mol. The molecule has 1 rings (SSSR count). The summed E-state index contributed by atoms with van der Waals surface area (Å²) in [6.45, 7) is 2.27. The molecule has 0 bridgehead atoms. The van der Waals surface area contributed by atoms with E-state index >= 15 is 0 Å². The summed E-state index contributed by atoms with van der Waals surface area (Å²) in [6, 6.07) is 3.51. The van der Waals surface area contributed by atoms with Gasteiger partial charge in [-0.2, -0.15) is 0 Å². The van der Waals surface area contributed by atoms with Gasteiger partial charge in [0.25, 0.3) is 0 Å². The van der Waals surface area contributed by atoms with Crippen LogP contribution >= 0.6 is 0 Å². The third-order valence-electron chi connectivity index (χ3n) is 2.10. The summed E-state index contributed by atoms with van der Waals surface area (Å²) in [5.74, 6) is 0.767. The van der Waals surface area contributed by atoms with Crippen molar-refractivity contribution in [2.24, 2.45) is 5.73 Å². The topological polar surface area (TPSA) is 85.3 Å². The highest BCUT2D eigenvalue weighted by Gasteiger charge is 2.18. The second-order valence-corrected chi connectivity index (χ2v) is 5.19. The maximum atomic E-state index is 11.6.